The molecule has 4 heteroatoms. The van der Waals surface area contributed by atoms with Crippen molar-refractivity contribution in [3.8, 4) is 11.6 Å². The lowest BCUT2D eigenvalue weighted by Crippen LogP contribution is -1.98. The van der Waals surface area contributed by atoms with E-state index in [0.29, 0.717) is 18.2 Å². The lowest BCUT2D eigenvalue weighted by atomic mass is 10.2. The minimum absolute atomic E-state index is 0.346. The number of ether oxygens (including phenoxy) is 2. The number of carbonyl (C=O) groups is 1. The van der Waals surface area contributed by atoms with E-state index in [2.05, 4.69) is 4.98 Å². The number of hydrogen-bond acceptors (Lipinski definition) is 4. The van der Waals surface area contributed by atoms with Crippen LogP contribution in [0.2, 0.25) is 0 Å². The van der Waals surface area contributed by atoms with Gasteiger partial charge in [0.1, 0.15) is 5.75 Å². The number of nitrogens with zero attached hydrogens (tertiary/aromatic N) is 1. The van der Waals surface area contributed by atoms with Crippen LogP contribution in [0.1, 0.15) is 18.2 Å². The molecule has 21 heavy (non-hydrogen) atoms. The van der Waals surface area contributed by atoms with Crippen LogP contribution in [0.5, 0.6) is 11.6 Å². The zero-order valence-electron chi connectivity index (χ0n) is 12.1. The molecule has 0 bridgehead atoms. The van der Waals surface area contributed by atoms with E-state index >= 15 is 0 Å². The number of pyridine rings is 1. The average Bonchev–Trinajstić information content (AvgIpc) is 2.47. The Morgan fingerprint density at radius 2 is 1.95 bits per heavy atom. The summed E-state index contributed by atoms with van der Waals surface area (Å²) in [4.78, 5) is 15.5. The van der Waals surface area contributed by atoms with E-state index in [-0.39, 0.29) is 5.97 Å². The maximum atomic E-state index is 11.2. The fraction of sp³-hybridized carbons (Fsp3) is 0.176. The summed E-state index contributed by atoms with van der Waals surface area (Å²) in [7, 11) is 0. The maximum absolute atomic E-state index is 11.2. The fourth-order valence-electron chi connectivity index (χ4n) is 1.70. The third-order valence-electron chi connectivity index (χ3n) is 2.66. The average molecular weight is 283 g/mol. The highest BCUT2D eigenvalue weighted by Crippen LogP contribution is 2.20. The zero-order chi connectivity index (χ0) is 15.1. The van der Waals surface area contributed by atoms with Crippen molar-refractivity contribution < 1.29 is 14.3 Å². The highest BCUT2D eigenvalue weighted by Gasteiger charge is 1.99. The quantitative estimate of drug-likeness (QED) is 0.619. The molecule has 0 aliphatic heterocycles. The van der Waals surface area contributed by atoms with Gasteiger partial charge >= 0.3 is 5.97 Å². The first kappa shape index (κ1) is 14.8. The van der Waals surface area contributed by atoms with Gasteiger partial charge in [-0.1, -0.05) is 18.2 Å². The highest BCUT2D eigenvalue weighted by molar-refractivity contribution is 5.87. The van der Waals surface area contributed by atoms with Crippen LogP contribution in [0.25, 0.3) is 6.08 Å². The molecule has 1 heterocycles. The van der Waals surface area contributed by atoms with Gasteiger partial charge in [-0.3, -0.25) is 0 Å². The monoisotopic (exact) mass is 283 g/mol. The van der Waals surface area contributed by atoms with Crippen LogP contribution < -0.4 is 4.74 Å². The van der Waals surface area contributed by atoms with Gasteiger partial charge in [0.15, 0.2) is 0 Å². The van der Waals surface area contributed by atoms with Crippen LogP contribution in [0.4, 0.5) is 0 Å². The van der Waals surface area contributed by atoms with E-state index in [1.807, 2.05) is 49.4 Å². The van der Waals surface area contributed by atoms with Gasteiger partial charge in [-0.15, -0.1) is 0 Å². The molecule has 0 atom stereocenters. The number of hydrogen-bond donors (Lipinski definition) is 0. The second-order valence-corrected chi connectivity index (χ2v) is 4.37. The van der Waals surface area contributed by atoms with Gasteiger partial charge in [-0.05, 0) is 43.7 Å². The fourth-order valence-corrected chi connectivity index (χ4v) is 1.70. The van der Waals surface area contributed by atoms with Crippen LogP contribution in [0, 0.1) is 6.92 Å². The van der Waals surface area contributed by atoms with Crippen LogP contribution in [0.3, 0.4) is 0 Å². The SMILES string of the molecule is CCOC(=O)C=Cc1ccc(Oc2cccc(C)n2)cc1. The van der Waals surface area contributed by atoms with E-state index < -0.39 is 0 Å². The molecule has 0 N–H and O–H groups in total. The Morgan fingerprint density at radius 1 is 1.19 bits per heavy atom. The van der Waals surface area contributed by atoms with Crippen molar-refractivity contribution in [1.29, 1.82) is 0 Å². The lowest BCUT2D eigenvalue weighted by molar-refractivity contribution is -0.137. The van der Waals surface area contributed by atoms with Crippen molar-refractivity contribution in [2.75, 3.05) is 6.61 Å². The largest absolute Gasteiger partial charge is 0.463 e. The van der Waals surface area contributed by atoms with Crippen LogP contribution in [-0.4, -0.2) is 17.6 Å². The van der Waals surface area contributed by atoms with Crippen LogP contribution >= 0.6 is 0 Å². The first-order valence-corrected chi connectivity index (χ1v) is 6.74. The van der Waals surface area contributed by atoms with E-state index in [9.17, 15) is 4.79 Å². The van der Waals surface area contributed by atoms with Crippen molar-refractivity contribution in [2.24, 2.45) is 0 Å². The van der Waals surface area contributed by atoms with Crippen molar-refractivity contribution >= 4 is 12.0 Å². The Labute approximate surface area is 124 Å². The first-order valence-electron chi connectivity index (χ1n) is 6.74. The van der Waals surface area contributed by atoms with Gasteiger partial charge in [0.2, 0.25) is 5.88 Å². The van der Waals surface area contributed by atoms with Gasteiger partial charge in [0.25, 0.3) is 0 Å². The number of carbonyl (C=O) groups excluding carboxylic acids is 1. The molecule has 0 saturated carbocycles. The van der Waals surface area contributed by atoms with Gasteiger partial charge in [-0.2, -0.15) is 0 Å². The predicted octanol–water partition coefficient (Wildman–Crippen LogP) is 3.76. The molecule has 0 spiro atoms. The van der Waals surface area contributed by atoms with Gasteiger partial charge in [0, 0.05) is 17.8 Å². The maximum Gasteiger partial charge on any atom is 0.330 e. The molecule has 0 saturated heterocycles. The van der Waals surface area contributed by atoms with Gasteiger partial charge in [-0.25, -0.2) is 9.78 Å². The van der Waals surface area contributed by atoms with Crippen LogP contribution in [0.15, 0.2) is 48.5 Å². The molecule has 0 aliphatic carbocycles. The summed E-state index contributed by atoms with van der Waals surface area (Å²) < 4.78 is 10.5. The number of benzene rings is 1. The van der Waals surface area contributed by atoms with E-state index in [1.54, 1.807) is 13.0 Å². The van der Waals surface area contributed by atoms with Crippen molar-refractivity contribution in [2.45, 2.75) is 13.8 Å². The number of esters is 1. The molecule has 108 valence electrons. The number of rotatable bonds is 5. The molecular weight excluding hydrogens is 266 g/mol. The molecule has 2 rings (SSSR count). The third kappa shape index (κ3) is 4.76. The standard InChI is InChI=1S/C17H17NO3/c1-3-20-17(19)12-9-14-7-10-15(11-8-14)21-16-6-4-5-13(2)18-16/h4-12H,3H2,1-2H3. The molecule has 1 aromatic heterocycles. The molecular formula is C17H17NO3. The summed E-state index contributed by atoms with van der Waals surface area (Å²) >= 11 is 0. The third-order valence-corrected chi connectivity index (χ3v) is 2.66. The van der Waals surface area contributed by atoms with Gasteiger partial charge in [0.05, 0.1) is 6.61 Å². The molecule has 0 aliphatic rings. The minimum Gasteiger partial charge on any atom is -0.463 e. The van der Waals surface area contributed by atoms with Crippen LogP contribution in [-0.2, 0) is 9.53 Å². The Kier molecular flexibility index (Phi) is 5.10. The Balaban J connectivity index is 2.00. The first-order chi connectivity index (χ1) is 10.2. The second kappa shape index (κ2) is 7.24. The minimum atomic E-state index is -0.346. The second-order valence-electron chi connectivity index (χ2n) is 4.37. The van der Waals surface area contributed by atoms with E-state index in [1.165, 1.54) is 6.08 Å². The summed E-state index contributed by atoms with van der Waals surface area (Å²) in [6.45, 7) is 4.06. The molecule has 0 fully saturated rings. The lowest BCUT2D eigenvalue weighted by Gasteiger charge is -2.05. The summed E-state index contributed by atoms with van der Waals surface area (Å²) in [5, 5.41) is 0. The molecule has 0 amide bonds. The zero-order valence-corrected chi connectivity index (χ0v) is 12.1. The normalized spacial score (nSPS) is 10.6. The highest BCUT2D eigenvalue weighted by atomic mass is 16.5. The summed E-state index contributed by atoms with van der Waals surface area (Å²) in [5.41, 5.74) is 1.80. The summed E-state index contributed by atoms with van der Waals surface area (Å²) in [5.74, 6) is 0.910. The Morgan fingerprint density at radius 3 is 2.62 bits per heavy atom. The summed E-state index contributed by atoms with van der Waals surface area (Å²) in [6, 6.07) is 13.0. The Bertz CT molecular complexity index is 633. The van der Waals surface area contributed by atoms with Crippen molar-refractivity contribution in [3.05, 3.63) is 59.8 Å². The van der Waals surface area contributed by atoms with E-state index in [4.69, 9.17) is 9.47 Å². The van der Waals surface area contributed by atoms with E-state index in [0.717, 1.165) is 11.3 Å². The number of aromatic nitrogens is 1. The Hall–Kier alpha value is -2.62. The number of aryl methyl sites for hydroxylation is 1. The van der Waals surface area contributed by atoms with Crippen molar-refractivity contribution in [1.82, 2.24) is 4.98 Å². The van der Waals surface area contributed by atoms with Crippen molar-refractivity contribution in [3.63, 3.8) is 0 Å². The molecule has 0 unspecified atom stereocenters. The molecule has 0 radical (unpaired) electrons. The molecule has 2 aromatic rings. The topological polar surface area (TPSA) is 48.4 Å². The molecule has 1 aromatic carbocycles. The van der Waals surface area contributed by atoms with Gasteiger partial charge < -0.3 is 9.47 Å². The summed E-state index contributed by atoms with van der Waals surface area (Å²) in [6.07, 6.45) is 3.11. The smallest absolute Gasteiger partial charge is 0.330 e. The predicted molar refractivity (Wildman–Crippen MR) is 81.2 cm³/mol. The molecule has 4 nitrogen and oxygen atoms in total.